The molecule has 2 N–H and O–H groups in total. The van der Waals surface area contributed by atoms with Crippen LogP contribution in [0.3, 0.4) is 0 Å². The third kappa shape index (κ3) is 6.97. The molecule has 0 aromatic heterocycles. The van der Waals surface area contributed by atoms with Gasteiger partial charge >= 0.3 is 0 Å². The maximum Gasteiger partial charge on any atom is 0.220 e. The van der Waals surface area contributed by atoms with Crippen LogP contribution in [0.4, 0.5) is 0 Å². The van der Waals surface area contributed by atoms with Crippen LogP contribution in [0.1, 0.15) is 51.9 Å². The van der Waals surface area contributed by atoms with Crippen LogP contribution in [0.5, 0.6) is 0 Å². The lowest BCUT2D eigenvalue weighted by Crippen LogP contribution is -2.26. The molecule has 0 aromatic carbocycles. The van der Waals surface area contributed by atoms with Crippen molar-refractivity contribution in [1.29, 1.82) is 0 Å². The standard InChI is InChI=1S/C13H25N3O/c1-2-3-4-5-6-9-16-13(17)8-7-12-14-10-11-15-12/h2-11H2,1H3,(H,14,15)(H,16,17). The minimum absolute atomic E-state index is 0.150. The van der Waals surface area contributed by atoms with Gasteiger partial charge in [0.2, 0.25) is 5.91 Å². The molecule has 98 valence electrons. The molecule has 0 atom stereocenters. The summed E-state index contributed by atoms with van der Waals surface area (Å²) < 4.78 is 0. The van der Waals surface area contributed by atoms with Gasteiger partial charge in [0, 0.05) is 25.9 Å². The lowest BCUT2D eigenvalue weighted by molar-refractivity contribution is -0.120. The molecule has 0 spiro atoms. The Balaban J connectivity index is 1.90. The highest BCUT2D eigenvalue weighted by Gasteiger charge is 2.07. The Labute approximate surface area is 104 Å². The second-order valence-corrected chi connectivity index (χ2v) is 4.52. The van der Waals surface area contributed by atoms with Crippen LogP contribution >= 0.6 is 0 Å². The Hall–Kier alpha value is -1.06. The van der Waals surface area contributed by atoms with E-state index in [4.69, 9.17) is 0 Å². The molecule has 0 fully saturated rings. The van der Waals surface area contributed by atoms with E-state index in [1.165, 1.54) is 25.7 Å². The van der Waals surface area contributed by atoms with Crippen LogP contribution in [0.25, 0.3) is 0 Å². The minimum atomic E-state index is 0.150. The minimum Gasteiger partial charge on any atom is -0.372 e. The van der Waals surface area contributed by atoms with E-state index in [9.17, 15) is 4.79 Å². The topological polar surface area (TPSA) is 53.5 Å². The Morgan fingerprint density at radius 2 is 2.18 bits per heavy atom. The molecule has 0 radical (unpaired) electrons. The van der Waals surface area contributed by atoms with Crippen LogP contribution in [0, 0.1) is 0 Å². The van der Waals surface area contributed by atoms with E-state index in [1.54, 1.807) is 0 Å². The Morgan fingerprint density at radius 3 is 2.88 bits per heavy atom. The van der Waals surface area contributed by atoms with Gasteiger partial charge in [0.25, 0.3) is 0 Å². The number of carbonyl (C=O) groups excluding carboxylic acids is 1. The maximum atomic E-state index is 11.5. The zero-order valence-electron chi connectivity index (χ0n) is 10.9. The van der Waals surface area contributed by atoms with Gasteiger partial charge in [-0.05, 0) is 6.42 Å². The maximum absolute atomic E-state index is 11.5. The van der Waals surface area contributed by atoms with Crippen molar-refractivity contribution in [3.63, 3.8) is 0 Å². The number of amides is 1. The highest BCUT2D eigenvalue weighted by Crippen LogP contribution is 2.01. The van der Waals surface area contributed by atoms with Crippen LogP contribution in [0.2, 0.25) is 0 Å². The number of hydrogen-bond acceptors (Lipinski definition) is 3. The van der Waals surface area contributed by atoms with E-state index in [-0.39, 0.29) is 5.91 Å². The van der Waals surface area contributed by atoms with Crippen molar-refractivity contribution in [2.75, 3.05) is 19.6 Å². The predicted octanol–water partition coefficient (Wildman–Crippen LogP) is 1.85. The number of unbranched alkanes of at least 4 members (excludes halogenated alkanes) is 4. The van der Waals surface area contributed by atoms with Crippen molar-refractivity contribution in [3.05, 3.63) is 0 Å². The lowest BCUT2D eigenvalue weighted by Gasteiger charge is -2.05. The average Bonchev–Trinajstić information content (AvgIpc) is 2.84. The zero-order chi connectivity index (χ0) is 12.3. The van der Waals surface area contributed by atoms with E-state index < -0.39 is 0 Å². The van der Waals surface area contributed by atoms with E-state index in [0.717, 1.165) is 38.3 Å². The Morgan fingerprint density at radius 1 is 1.35 bits per heavy atom. The molecule has 1 amide bonds. The van der Waals surface area contributed by atoms with Crippen LogP contribution in [-0.2, 0) is 4.79 Å². The van der Waals surface area contributed by atoms with Gasteiger partial charge in [0.1, 0.15) is 0 Å². The summed E-state index contributed by atoms with van der Waals surface area (Å²) >= 11 is 0. The molecule has 0 aromatic rings. The summed E-state index contributed by atoms with van der Waals surface area (Å²) in [5, 5.41) is 6.13. The van der Waals surface area contributed by atoms with E-state index >= 15 is 0 Å². The average molecular weight is 239 g/mol. The third-order valence-corrected chi connectivity index (χ3v) is 2.93. The molecule has 1 rings (SSSR count). The fourth-order valence-corrected chi connectivity index (χ4v) is 1.89. The molecule has 4 nitrogen and oxygen atoms in total. The fraction of sp³-hybridized carbons (Fsp3) is 0.846. The second-order valence-electron chi connectivity index (χ2n) is 4.52. The molecular formula is C13H25N3O. The molecule has 0 bridgehead atoms. The summed E-state index contributed by atoms with van der Waals surface area (Å²) in [4.78, 5) is 15.8. The van der Waals surface area contributed by atoms with E-state index in [1.807, 2.05) is 0 Å². The summed E-state index contributed by atoms with van der Waals surface area (Å²) in [6, 6.07) is 0. The molecule has 0 unspecified atom stereocenters. The first-order chi connectivity index (χ1) is 8.33. The first kappa shape index (κ1) is 14.0. The first-order valence-corrected chi connectivity index (χ1v) is 6.87. The third-order valence-electron chi connectivity index (χ3n) is 2.93. The summed E-state index contributed by atoms with van der Waals surface area (Å²) in [6.07, 6.45) is 7.49. The normalized spacial score (nSPS) is 14.3. The van der Waals surface area contributed by atoms with Gasteiger partial charge in [0.15, 0.2) is 0 Å². The molecule has 17 heavy (non-hydrogen) atoms. The smallest absolute Gasteiger partial charge is 0.220 e. The summed E-state index contributed by atoms with van der Waals surface area (Å²) in [5.74, 6) is 1.14. The SMILES string of the molecule is CCCCCCCNC(=O)CCC1=NCCN1. The quantitative estimate of drug-likeness (QED) is 0.603. The largest absolute Gasteiger partial charge is 0.372 e. The monoisotopic (exact) mass is 239 g/mol. The zero-order valence-corrected chi connectivity index (χ0v) is 10.9. The highest BCUT2D eigenvalue weighted by atomic mass is 16.1. The van der Waals surface area contributed by atoms with Crippen molar-refractivity contribution >= 4 is 11.7 Å². The van der Waals surface area contributed by atoms with Gasteiger partial charge in [0.05, 0.1) is 12.4 Å². The van der Waals surface area contributed by atoms with Crippen molar-refractivity contribution in [3.8, 4) is 0 Å². The summed E-state index contributed by atoms with van der Waals surface area (Å²) in [6.45, 7) is 4.81. The molecule has 4 heteroatoms. The second kappa shape index (κ2) is 9.02. The molecular weight excluding hydrogens is 214 g/mol. The lowest BCUT2D eigenvalue weighted by atomic mass is 10.1. The molecule has 0 saturated heterocycles. The van der Waals surface area contributed by atoms with Gasteiger partial charge < -0.3 is 10.6 Å². The molecule has 1 aliphatic rings. The van der Waals surface area contributed by atoms with Crippen LogP contribution in [0.15, 0.2) is 4.99 Å². The van der Waals surface area contributed by atoms with Crippen molar-refractivity contribution in [2.45, 2.75) is 51.9 Å². The van der Waals surface area contributed by atoms with Crippen LogP contribution < -0.4 is 10.6 Å². The summed E-state index contributed by atoms with van der Waals surface area (Å²) in [5.41, 5.74) is 0. The van der Waals surface area contributed by atoms with Crippen LogP contribution in [-0.4, -0.2) is 31.4 Å². The predicted molar refractivity (Wildman–Crippen MR) is 71.3 cm³/mol. The first-order valence-electron chi connectivity index (χ1n) is 6.87. The van der Waals surface area contributed by atoms with Gasteiger partial charge in [-0.2, -0.15) is 0 Å². The number of amidine groups is 1. The summed E-state index contributed by atoms with van der Waals surface area (Å²) in [7, 11) is 0. The number of nitrogens with zero attached hydrogens (tertiary/aromatic N) is 1. The van der Waals surface area contributed by atoms with Gasteiger partial charge in [-0.25, -0.2) is 0 Å². The van der Waals surface area contributed by atoms with Gasteiger partial charge in [-0.1, -0.05) is 32.6 Å². The number of rotatable bonds is 9. The van der Waals surface area contributed by atoms with E-state index in [2.05, 4.69) is 22.5 Å². The number of carbonyl (C=O) groups is 1. The highest BCUT2D eigenvalue weighted by molar-refractivity contribution is 5.88. The van der Waals surface area contributed by atoms with Crippen molar-refractivity contribution in [1.82, 2.24) is 10.6 Å². The number of aliphatic imine (C=N–C) groups is 1. The fourth-order valence-electron chi connectivity index (χ4n) is 1.89. The van der Waals surface area contributed by atoms with Crippen molar-refractivity contribution < 1.29 is 4.79 Å². The molecule has 0 saturated carbocycles. The van der Waals surface area contributed by atoms with Crippen molar-refractivity contribution in [2.24, 2.45) is 4.99 Å². The van der Waals surface area contributed by atoms with Gasteiger partial charge in [-0.15, -0.1) is 0 Å². The van der Waals surface area contributed by atoms with E-state index in [0.29, 0.717) is 6.42 Å². The van der Waals surface area contributed by atoms with Gasteiger partial charge in [-0.3, -0.25) is 9.79 Å². The Bertz CT molecular complexity index is 251. The molecule has 1 aliphatic heterocycles. The number of nitrogens with one attached hydrogen (secondary N) is 2. The molecule has 1 heterocycles. The Kier molecular flexibility index (Phi) is 7.43. The molecule has 0 aliphatic carbocycles. The number of hydrogen-bond donors (Lipinski definition) is 2.